The Morgan fingerprint density at radius 1 is 1.55 bits per heavy atom. The molecule has 1 N–H and O–H groups in total. The molecule has 0 aromatic carbocycles. The predicted molar refractivity (Wildman–Crippen MR) is 74.1 cm³/mol. The van der Waals surface area contributed by atoms with Crippen LogP contribution in [0.15, 0.2) is 23.6 Å². The van der Waals surface area contributed by atoms with E-state index >= 15 is 0 Å². The Morgan fingerprint density at radius 3 is 3.00 bits per heavy atom. The lowest BCUT2D eigenvalue weighted by Crippen LogP contribution is -2.34. The minimum atomic E-state index is -0.258. The third-order valence-corrected chi connectivity index (χ3v) is 3.76. The van der Waals surface area contributed by atoms with Crippen LogP contribution < -0.4 is 5.32 Å². The molecule has 0 aliphatic carbocycles. The van der Waals surface area contributed by atoms with E-state index in [4.69, 9.17) is 0 Å². The van der Waals surface area contributed by atoms with E-state index in [0.717, 1.165) is 10.9 Å². The zero-order valence-corrected chi connectivity index (χ0v) is 12.2. The first-order valence-corrected chi connectivity index (χ1v) is 7.33. The molecule has 1 unspecified atom stereocenters. The number of aryl methyl sites for hydroxylation is 1. The molecule has 8 nitrogen and oxygen atoms in total. The van der Waals surface area contributed by atoms with Gasteiger partial charge in [0.15, 0.2) is 0 Å². The zero-order chi connectivity index (χ0) is 14.4. The molecular weight excluding hydrogens is 278 g/mol. The quantitative estimate of drug-likeness (QED) is 0.582. The van der Waals surface area contributed by atoms with Crippen LogP contribution >= 0.6 is 11.8 Å². The van der Waals surface area contributed by atoms with Crippen LogP contribution in [0, 0.1) is 0 Å². The van der Waals surface area contributed by atoms with Crippen molar-refractivity contribution in [3.05, 3.63) is 18.5 Å². The molecule has 108 valence electrons. The van der Waals surface area contributed by atoms with Gasteiger partial charge >= 0.3 is 0 Å². The number of aromatic nitrogens is 6. The number of rotatable bonds is 7. The standard InChI is InChI=1S/C11H17N7OS/c1-3-9(18-7-4-5-13-18)10(19)12-6-8-20-11-14-15-16-17(11)2/h4-5,7,9H,3,6,8H2,1-2H3,(H,12,19). The summed E-state index contributed by atoms with van der Waals surface area (Å²) in [6, 6.07) is 1.55. The minimum Gasteiger partial charge on any atom is -0.353 e. The van der Waals surface area contributed by atoms with Crippen LogP contribution in [0.4, 0.5) is 0 Å². The van der Waals surface area contributed by atoms with Gasteiger partial charge < -0.3 is 5.32 Å². The number of tetrazole rings is 1. The highest BCUT2D eigenvalue weighted by atomic mass is 32.2. The molecule has 0 saturated heterocycles. The van der Waals surface area contributed by atoms with Gasteiger partial charge in [0, 0.05) is 31.7 Å². The smallest absolute Gasteiger partial charge is 0.244 e. The molecule has 0 radical (unpaired) electrons. The average molecular weight is 295 g/mol. The SMILES string of the molecule is CCC(C(=O)NCCSc1nnnn1C)n1cccn1. The van der Waals surface area contributed by atoms with E-state index in [0.29, 0.717) is 13.0 Å². The van der Waals surface area contributed by atoms with Crippen LogP contribution in [0.25, 0.3) is 0 Å². The van der Waals surface area contributed by atoms with Gasteiger partial charge in [0.25, 0.3) is 0 Å². The maximum absolute atomic E-state index is 12.1. The van der Waals surface area contributed by atoms with Gasteiger partial charge in [-0.1, -0.05) is 18.7 Å². The molecule has 9 heteroatoms. The van der Waals surface area contributed by atoms with Crippen LogP contribution in [0.5, 0.6) is 0 Å². The molecule has 2 aromatic rings. The first-order chi connectivity index (χ1) is 9.72. The molecule has 0 saturated carbocycles. The summed E-state index contributed by atoms with van der Waals surface area (Å²) >= 11 is 1.50. The number of carbonyl (C=O) groups is 1. The van der Waals surface area contributed by atoms with Crippen LogP contribution in [0.1, 0.15) is 19.4 Å². The van der Waals surface area contributed by atoms with Crippen molar-refractivity contribution in [3.8, 4) is 0 Å². The van der Waals surface area contributed by atoms with Crippen molar-refractivity contribution in [1.29, 1.82) is 0 Å². The molecule has 0 fully saturated rings. The van der Waals surface area contributed by atoms with Crippen LogP contribution in [-0.2, 0) is 11.8 Å². The summed E-state index contributed by atoms with van der Waals surface area (Å²) in [5.74, 6) is 0.697. The molecular formula is C11H17N7OS. The number of amides is 1. The van der Waals surface area contributed by atoms with Crippen LogP contribution in [0.2, 0.25) is 0 Å². The lowest BCUT2D eigenvalue weighted by molar-refractivity contribution is -0.124. The Labute approximate surface area is 120 Å². The third kappa shape index (κ3) is 3.56. The van der Waals surface area contributed by atoms with Crippen molar-refractivity contribution >= 4 is 17.7 Å². The van der Waals surface area contributed by atoms with Gasteiger partial charge in [0.05, 0.1) is 0 Å². The van der Waals surface area contributed by atoms with E-state index in [1.165, 1.54) is 11.8 Å². The second kappa shape index (κ2) is 7.04. The first kappa shape index (κ1) is 14.5. The van der Waals surface area contributed by atoms with Crippen molar-refractivity contribution in [2.45, 2.75) is 24.5 Å². The van der Waals surface area contributed by atoms with E-state index in [2.05, 4.69) is 25.9 Å². The average Bonchev–Trinajstić information content (AvgIpc) is 3.08. The molecule has 0 aliphatic heterocycles. The highest BCUT2D eigenvalue weighted by molar-refractivity contribution is 7.99. The van der Waals surface area contributed by atoms with Gasteiger partial charge in [-0.3, -0.25) is 9.48 Å². The summed E-state index contributed by atoms with van der Waals surface area (Å²) in [6.07, 6.45) is 4.18. The van der Waals surface area contributed by atoms with Crippen LogP contribution in [-0.4, -0.2) is 48.2 Å². The summed E-state index contributed by atoms with van der Waals surface area (Å²) in [7, 11) is 1.78. The summed E-state index contributed by atoms with van der Waals surface area (Å²) < 4.78 is 3.28. The molecule has 2 rings (SSSR count). The normalized spacial score (nSPS) is 12.3. The van der Waals surface area contributed by atoms with Crippen molar-refractivity contribution < 1.29 is 4.79 Å². The first-order valence-electron chi connectivity index (χ1n) is 6.34. The van der Waals surface area contributed by atoms with Gasteiger partial charge in [-0.25, -0.2) is 4.68 Å². The number of nitrogens with one attached hydrogen (secondary N) is 1. The molecule has 2 aromatic heterocycles. The molecule has 1 atom stereocenters. The number of hydrogen-bond donors (Lipinski definition) is 1. The molecule has 20 heavy (non-hydrogen) atoms. The Balaban J connectivity index is 1.76. The molecule has 1 amide bonds. The van der Waals surface area contributed by atoms with E-state index in [1.807, 2.05) is 13.0 Å². The number of carbonyl (C=O) groups excluding carboxylic acids is 1. The summed E-state index contributed by atoms with van der Waals surface area (Å²) in [4.78, 5) is 12.1. The monoisotopic (exact) mass is 295 g/mol. The van der Waals surface area contributed by atoms with Crippen LogP contribution in [0.3, 0.4) is 0 Å². The van der Waals surface area contributed by atoms with E-state index in [-0.39, 0.29) is 11.9 Å². The third-order valence-electron chi connectivity index (χ3n) is 2.75. The molecule has 2 heterocycles. The van der Waals surface area contributed by atoms with Gasteiger partial charge in [0.1, 0.15) is 6.04 Å². The summed E-state index contributed by atoms with van der Waals surface area (Å²) in [6.45, 7) is 2.53. The maximum atomic E-state index is 12.1. The van der Waals surface area contributed by atoms with Gasteiger partial charge in [-0.2, -0.15) is 5.10 Å². The van der Waals surface area contributed by atoms with Crippen molar-refractivity contribution in [3.63, 3.8) is 0 Å². The van der Waals surface area contributed by atoms with Gasteiger partial charge in [-0.15, -0.1) is 5.10 Å². The minimum absolute atomic E-state index is 0.0205. The fraction of sp³-hybridized carbons (Fsp3) is 0.545. The maximum Gasteiger partial charge on any atom is 0.244 e. The van der Waals surface area contributed by atoms with Crippen molar-refractivity contribution in [2.75, 3.05) is 12.3 Å². The fourth-order valence-corrected chi connectivity index (χ4v) is 2.44. The highest BCUT2D eigenvalue weighted by Gasteiger charge is 2.17. The molecule has 0 aliphatic rings. The van der Waals surface area contributed by atoms with Gasteiger partial charge in [0.2, 0.25) is 11.1 Å². The topological polar surface area (TPSA) is 90.5 Å². The summed E-state index contributed by atoms with van der Waals surface area (Å²) in [5, 5.41) is 18.9. The largest absolute Gasteiger partial charge is 0.353 e. The fourth-order valence-electron chi connectivity index (χ4n) is 1.74. The number of thioether (sulfide) groups is 1. The van der Waals surface area contributed by atoms with E-state index in [1.54, 1.807) is 28.8 Å². The zero-order valence-electron chi connectivity index (χ0n) is 11.4. The number of hydrogen-bond acceptors (Lipinski definition) is 6. The molecule has 0 spiro atoms. The van der Waals surface area contributed by atoms with Crippen molar-refractivity contribution in [2.24, 2.45) is 7.05 Å². The number of nitrogens with zero attached hydrogens (tertiary/aromatic N) is 6. The second-order valence-corrected chi connectivity index (χ2v) is 5.20. The Hall–Kier alpha value is -1.90. The lowest BCUT2D eigenvalue weighted by Gasteiger charge is -2.15. The Bertz CT molecular complexity index is 539. The van der Waals surface area contributed by atoms with Gasteiger partial charge in [-0.05, 0) is 22.9 Å². The summed E-state index contributed by atoms with van der Waals surface area (Å²) in [5.41, 5.74) is 0. The molecule has 0 bridgehead atoms. The van der Waals surface area contributed by atoms with Crippen molar-refractivity contribution in [1.82, 2.24) is 35.3 Å². The lowest BCUT2D eigenvalue weighted by atomic mass is 10.2. The Morgan fingerprint density at radius 2 is 2.40 bits per heavy atom. The van der Waals surface area contributed by atoms with E-state index < -0.39 is 0 Å². The predicted octanol–water partition coefficient (Wildman–Crippen LogP) is 0.266. The van der Waals surface area contributed by atoms with E-state index in [9.17, 15) is 4.79 Å². The second-order valence-electron chi connectivity index (χ2n) is 4.13. The Kier molecular flexibility index (Phi) is 5.10. The highest BCUT2D eigenvalue weighted by Crippen LogP contribution is 2.12.